The molecule has 0 aliphatic carbocycles. The zero-order chi connectivity index (χ0) is 27.2. The van der Waals surface area contributed by atoms with E-state index in [1.54, 1.807) is 6.07 Å². The highest BCUT2D eigenvalue weighted by Gasteiger charge is 2.49. The van der Waals surface area contributed by atoms with Crippen molar-refractivity contribution in [2.75, 3.05) is 29.1 Å². The smallest absolute Gasteiger partial charge is 0.321 e. The average Bonchev–Trinajstić information content (AvgIpc) is 3.51. The van der Waals surface area contributed by atoms with Crippen LogP contribution in [0.25, 0.3) is 16.7 Å². The second kappa shape index (κ2) is 9.35. The van der Waals surface area contributed by atoms with Gasteiger partial charge in [-0.15, -0.1) is 5.10 Å². The molecule has 1 saturated heterocycles. The van der Waals surface area contributed by atoms with Crippen molar-refractivity contribution in [3.63, 3.8) is 0 Å². The zero-order valence-electron chi connectivity index (χ0n) is 19.7. The lowest BCUT2D eigenvalue weighted by atomic mass is 9.95. The van der Waals surface area contributed by atoms with Gasteiger partial charge >= 0.3 is 6.55 Å². The highest BCUT2D eigenvalue weighted by Crippen LogP contribution is 2.27. The summed E-state index contributed by atoms with van der Waals surface area (Å²) in [6.45, 7) is -1.86. The number of amides is 2. The maximum Gasteiger partial charge on any atom is 0.321 e. The number of ether oxygens (including phenoxy) is 1. The lowest BCUT2D eigenvalue weighted by molar-refractivity contribution is -0.165. The van der Waals surface area contributed by atoms with Crippen LogP contribution < -0.4 is 21.5 Å². The van der Waals surface area contributed by atoms with Gasteiger partial charge in [-0.05, 0) is 25.1 Å². The number of nitrogens with one attached hydrogen (secondary N) is 1. The molecule has 0 bridgehead atoms. The fraction of sp³-hybridized carbons (Fsp3) is 0.261. The van der Waals surface area contributed by atoms with Gasteiger partial charge in [0, 0.05) is 36.3 Å². The van der Waals surface area contributed by atoms with Gasteiger partial charge in [0.2, 0.25) is 0 Å². The Balaban J connectivity index is 1.34. The Morgan fingerprint density at radius 2 is 2.05 bits per heavy atom. The summed E-state index contributed by atoms with van der Waals surface area (Å²) in [4.78, 5) is 39.1. The normalized spacial score (nSPS) is 17.7. The van der Waals surface area contributed by atoms with Crippen LogP contribution >= 0.6 is 0 Å². The maximum atomic E-state index is 13.3. The Labute approximate surface area is 212 Å². The molecule has 0 spiro atoms. The number of aromatic nitrogens is 4. The van der Waals surface area contributed by atoms with Gasteiger partial charge < -0.3 is 25.4 Å². The van der Waals surface area contributed by atoms with Gasteiger partial charge in [-0.25, -0.2) is 4.68 Å². The number of nitrogen functional groups attached to an aromatic ring is 1. The molecule has 4 heterocycles. The first-order valence-electron chi connectivity index (χ1n) is 11.2. The van der Waals surface area contributed by atoms with Crippen LogP contribution in [0.1, 0.15) is 13.5 Å². The number of pyridine rings is 1. The van der Waals surface area contributed by atoms with Crippen LogP contribution in [0.15, 0.2) is 58.1 Å². The molecule has 4 aromatic rings. The average molecular weight is 529 g/mol. The van der Waals surface area contributed by atoms with E-state index < -0.39 is 35.6 Å². The summed E-state index contributed by atoms with van der Waals surface area (Å²) in [5, 5.41) is 22.0. The Kier molecular flexibility index (Phi) is 6.16. The Hall–Kier alpha value is -4.63. The number of nitrogens with zero attached hydrogens (tertiary/aromatic N) is 5. The molecule has 4 N–H and O–H groups in total. The number of halogens is 2. The number of benzene rings is 1. The van der Waals surface area contributed by atoms with E-state index >= 15 is 0 Å². The molecule has 0 saturated carbocycles. The maximum absolute atomic E-state index is 13.3. The number of hydrogen-bond donors (Lipinski definition) is 3. The molecule has 1 aromatic carbocycles. The standard InChI is InChI=1S/C23H21F2N7O6/c1-23(36,21(35)27-12-2-4-14-15(10-12)38-29-19(14)26)18-20(34)30(8-9-37-18)16-6-7-32(28-16)13-3-5-17(33)31(11-13)22(24)25/h2-7,10-11,18,22,36H,8-9H2,1H3,(H2,26,29)(H,27,35). The first kappa shape index (κ1) is 25.0. The van der Waals surface area contributed by atoms with Crippen molar-refractivity contribution in [2.24, 2.45) is 0 Å². The highest BCUT2D eigenvalue weighted by molar-refractivity contribution is 6.06. The van der Waals surface area contributed by atoms with Crippen LogP contribution in [0, 0.1) is 0 Å². The Bertz CT molecular complexity index is 1590. The van der Waals surface area contributed by atoms with Crippen molar-refractivity contribution in [2.45, 2.75) is 25.2 Å². The van der Waals surface area contributed by atoms with Crippen LogP contribution in [0.4, 0.5) is 26.1 Å². The van der Waals surface area contributed by atoms with Crippen molar-refractivity contribution >= 4 is 40.1 Å². The number of anilines is 3. The second-order valence-electron chi connectivity index (χ2n) is 8.65. The predicted octanol–water partition coefficient (Wildman–Crippen LogP) is 1.27. The number of nitrogens with two attached hydrogens (primary N) is 1. The minimum atomic E-state index is -3.04. The van der Waals surface area contributed by atoms with E-state index in [0.717, 1.165) is 19.2 Å². The number of morpholine rings is 1. The molecule has 5 rings (SSSR count). The number of carbonyl (C=O) groups excluding carboxylic acids is 2. The van der Waals surface area contributed by atoms with E-state index in [-0.39, 0.29) is 40.7 Å². The third-order valence-electron chi connectivity index (χ3n) is 6.07. The van der Waals surface area contributed by atoms with Crippen LogP contribution in [-0.2, 0) is 14.3 Å². The van der Waals surface area contributed by atoms with E-state index in [2.05, 4.69) is 15.6 Å². The van der Waals surface area contributed by atoms with E-state index in [1.165, 1.54) is 40.0 Å². The number of rotatable bonds is 6. The molecular weight excluding hydrogens is 508 g/mol. The molecule has 198 valence electrons. The van der Waals surface area contributed by atoms with Crippen molar-refractivity contribution in [1.82, 2.24) is 19.5 Å². The summed E-state index contributed by atoms with van der Waals surface area (Å²) in [6, 6.07) is 8.31. The van der Waals surface area contributed by atoms with Gasteiger partial charge in [0.15, 0.2) is 28.9 Å². The fourth-order valence-electron chi connectivity index (χ4n) is 4.01. The number of aliphatic hydroxyl groups is 1. The lowest BCUT2D eigenvalue weighted by Crippen LogP contribution is -2.61. The Morgan fingerprint density at radius 1 is 1.26 bits per heavy atom. The zero-order valence-corrected chi connectivity index (χ0v) is 19.7. The number of alkyl halides is 2. The van der Waals surface area contributed by atoms with Gasteiger partial charge in [-0.1, -0.05) is 5.16 Å². The largest absolute Gasteiger partial charge is 0.380 e. The summed E-state index contributed by atoms with van der Waals surface area (Å²) in [6.07, 6.45) is 0.777. The Morgan fingerprint density at radius 3 is 2.82 bits per heavy atom. The minimum Gasteiger partial charge on any atom is -0.380 e. The van der Waals surface area contributed by atoms with Gasteiger partial charge in [0.1, 0.15) is 0 Å². The molecule has 1 aliphatic rings. The van der Waals surface area contributed by atoms with Crippen LogP contribution in [0.5, 0.6) is 0 Å². The number of carbonyl (C=O) groups is 2. The molecule has 0 radical (unpaired) electrons. The number of hydrogen-bond acceptors (Lipinski definition) is 9. The molecule has 2 amide bonds. The van der Waals surface area contributed by atoms with Crippen molar-refractivity contribution in [1.29, 1.82) is 0 Å². The fourth-order valence-corrected chi connectivity index (χ4v) is 4.01. The van der Waals surface area contributed by atoms with E-state index in [4.69, 9.17) is 15.0 Å². The minimum absolute atomic E-state index is 0.0216. The van der Waals surface area contributed by atoms with E-state index in [9.17, 15) is 28.3 Å². The summed E-state index contributed by atoms with van der Waals surface area (Å²) < 4.78 is 38.2. The highest BCUT2D eigenvalue weighted by atomic mass is 19.3. The van der Waals surface area contributed by atoms with Crippen LogP contribution in [0.3, 0.4) is 0 Å². The molecular formula is C23H21F2N7O6. The molecule has 38 heavy (non-hydrogen) atoms. The van der Waals surface area contributed by atoms with Gasteiger partial charge in [0.25, 0.3) is 17.4 Å². The summed E-state index contributed by atoms with van der Waals surface area (Å²) in [5.41, 5.74) is 3.26. The van der Waals surface area contributed by atoms with Crippen molar-refractivity contribution < 1.29 is 32.7 Å². The van der Waals surface area contributed by atoms with E-state index in [1.807, 2.05) is 0 Å². The predicted molar refractivity (Wildman–Crippen MR) is 129 cm³/mol. The lowest BCUT2D eigenvalue weighted by Gasteiger charge is -2.37. The van der Waals surface area contributed by atoms with Crippen LogP contribution in [-0.4, -0.2) is 61.3 Å². The number of fused-ring (bicyclic) bond motifs is 1. The van der Waals surface area contributed by atoms with Crippen molar-refractivity contribution in [3.8, 4) is 5.69 Å². The van der Waals surface area contributed by atoms with Crippen LogP contribution in [0.2, 0.25) is 0 Å². The van der Waals surface area contributed by atoms with E-state index in [0.29, 0.717) is 11.0 Å². The molecule has 13 nitrogen and oxygen atoms in total. The first-order chi connectivity index (χ1) is 18.1. The summed E-state index contributed by atoms with van der Waals surface area (Å²) >= 11 is 0. The SMILES string of the molecule is CC(O)(C(=O)Nc1ccc2c(N)noc2c1)C1OCCN(c2ccn(-c3ccc(=O)n(C(F)F)c3)n2)C1=O. The summed E-state index contributed by atoms with van der Waals surface area (Å²) in [7, 11) is 0. The topological polar surface area (TPSA) is 171 Å². The molecule has 2 unspecified atom stereocenters. The monoisotopic (exact) mass is 529 g/mol. The molecule has 1 fully saturated rings. The van der Waals surface area contributed by atoms with Gasteiger partial charge in [-0.3, -0.25) is 23.9 Å². The van der Waals surface area contributed by atoms with Crippen molar-refractivity contribution in [3.05, 3.63) is 59.1 Å². The summed E-state index contributed by atoms with van der Waals surface area (Å²) in [5.74, 6) is -1.34. The second-order valence-corrected chi connectivity index (χ2v) is 8.65. The molecule has 1 aliphatic heterocycles. The third-order valence-corrected chi connectivity index (χ3v) is 6.07. The van der Waals surface area contributed by atoms with Gasteiger partial charge in [0.05, 0.1) is 24.2 Å². The third kappa shape index (κ3) is 4.37. The quantitative estimate of drug-likeness (QED) is 0.333. The van der Waals surface area contributed by atoms with Gasteiger partial charge in [-0.2, -0.15) is 8.78 Å². The molecule has 15 heteroatoms. The molecule has 3 aromatic heterocycles. The first-order valence-corrected chi connectivity index (χ1v) is 11.2. The molecule has 2 atom stereocenters.